The Balaban J connectivity index is 1.47. The van der Waals surface area contributed by atoms with Crippen LogP contribution in [-0.4, -0.2) is 37.9 Å². The molecule has 41 heavy (non-hydrogen) atoms. The fourth-order valence-corrected chi connectivity index (χ4v) is 5.99. The van der Waals surface area contributed by atoms with Crippen LogP contribution in [0.15, 0.2) is 48.2 Å². The van der Waals surface area contributed by atoms with Crippen LogP contribution in [0.5, 0.6) is 0 Å². The highest BCUT2D eigenvalue weighted by Crippen LogP contribution is 2.48. The van der Waals surface area contributed by atoms with Crippen molar-refractivity contribution in [3.63, 3.8) is 0 Å². The lowest BCUT2D eigenvalue weighted by Gasteiger charge is -2.22. The summed E-state index contributed by atoms with van der Waals surface area (Å²) in [7, 11) is 0. The van der Waals surface area contributed by atoms with E-state index < -0.39 is 18.0 Å². The van der Waals surface area contributed by atoms with E-state index in [1.54, 1.807) is 17.8 Å². The van der Waals surface area contributed by atoms with Crippen LogP contribution in [0, 0.1) is 16.7 Å². The molecule has 1 atom stereocenters. The zero-order valence-corrected chi connectivity index (χ0v) is 24.2. The van der Waals surface area contributed by atoms with Crippen molar-refractivity contribution in [1.82, 2.24) is 25.0 Å². The molecule has 0 amide bonds. The van der Waals surface area contributed by atoms with Crippen LogP contribution < -0.4 is 10.6 Å². The first-order valence-electron chi connectivity index (χ1n) is 13.2. The van der Waals surface area contributed by atoms with Crippen molar-refractivity contribution >= 4 is 55.4 Å². The lowest BCUT2D eigenvalue weighted by Crippen LogP contribution is -2.26. The molecular formula is C29H27ClF2N8S. The highest BCUT2D eigenvalue weighted by molar-refractivity contribution is 7.17. The number of anilines is 2. The normalized spacial score (nSPS) is 15.3. The van der Waals surface area contributed by atoms with Crippen LogP contribution in [0.3, 0.4) is 0 Å². The molecular weight excluding hydrogens is 566 g/mol. The van der Waals surface area contributed by atoms with Gasteiger partial charge in [-0.1, -0.05) is 49.7 Å². The highest BCUT2D eigenvalue weighted by atomic mass is 35.5. The smallest absolute Gasteiger partial charge is 0.263 e. The first-order valence-corrected chi connectivity index (χ1v) is 14.4. The zero-order chi connectivity index (χ0) is 28.9. The molecule has 1 saturated carbocycles. The molecule has 3 heterocycles. The van der Waals surface area contributed by atoms with Gasteiger partial charge in [0.1, 0.15) is 17.3 Å². The van der Waals surface area contributed by atoms with E-state index in [0.717, 1.165) is 15.8 Å². The lowest BCUT2D eigenvalue weighted by molar-refractivity contribution is 0.0593. The van der Waals surface area contributed by atoms with E-state index in [1.807, 2.05) is 24.3 Å². The zero-order valence-electron chi connectivity index (χ0n) is 22.6. The van der Waals surface area contributed by atoms with Crippen LogP contribution in [-0.2, 0) is 5.54 Å². The Morgan fingerprint density at radius 1 is 1.22 bits per heavy atom. The molecule has 0 aliphatic heterocycles. The molecule has 6 rings (SSSR count). The van der Waals surface area contributed by atoms with Crippen molar-refractivity contribution in [3.05, 3.63) is 70.1 Å². The van der Waals surface area contributed by atoms with Crippen molar-refractivity contribution in [2.24, 2.45) is 5.41 Å². The Morgan fingerprint density at radius 2 is 2.02 bits per heavy atom. The number of halogens is 3. The number of alkyl halides is 2. The molecule has 1 aliphatic rings. The number of benzene rings is 2. The summed E-state index contributed by atoms with van der Waals surface area (Å²) in [6, 6.07) is 11.1. The van der Waals surface area contributed by atoms with E-state index in [1.165, 1.54) is 22.2 Å². The molecule has 210 valence electrons. The number of nitrogens with one attached hydrogen (secondary N) is 2. The first-order chi connectivity index (χ1) is 19.6. The van der Waals surface area contributed by atoms with Crippen LogP contribution in [0.25, 0.3) is 21.1 Å². The van der Waals surface area contributed by atoms with Gasteiger partial charge in [0.2, 0.25) is 0 Å². The predicted octanol–water partition coefficient (Wildman–Crippen LogP) is 7.37. The molecule has 5 aromatic rings. The Morgan fingerprint density at radius 3 is 2.73 bits per heavy atom. The van der Waals surface area contributed by atoms with Crippen molar-refractivity contribution in [1.29, 1.82) is 5.26 Å². The Labute approximate surface area is 244 Å². The maximum absolute atomic E-state index is 13.9. The van der Waals surface area contributed by atoms with E-state index >= 15 is 0 Å². The summed E-state index contributed by atoms with van der Waals surface area (Å²) in [5, 5.41) is 26.4. The number of nitriles is 1. The number of fused-ring (bicyclic) bond motifs is 2. The van der Waals surface area contributed by atoms with Gasteiger partial charge in [0, 0.05) is 23.8 Å². The Bertz CT molecular complexity index is 1800. The number of pyridine rings is 1. The van der Waals surface area contributed by atoms with Crippen molar-refractivity contribution < 1.29 is 8.78 Å². The molecule has 0 spiro atoms. The van der Waals surface area contributed by atoms with Crippen molar-refractivity contribution in [2.75, 3.05) is 17.2 Å². The van der Waals surface area contributed by atoms with Gasteiger partial charge in [-0.2, -0.15) is 5.26 Å². The van der Waals surface area contributed by atoms with Gasteiger partial charge in [-0.3, -0.25) is 4.98 Å². The van der Waals surface area contributed by atoms with Gasteiger partial charge < -0.3 is 10.6 Å². The fourth-order valence-electron chi connectivity index (χ4n) is 4.89. The highest BCUT2D eigenvalue weighted by Gasteiger charge is 2.54. The molecule has 1 aliphatic carbocycles. The summed E-state index contributed by atoms with van der Waals surface area (Å²) in [4.78, 5) is 8.90. The maximum atomic E-state index is 13.9. The summed E-state index contributed by atoms with van der Waals surface area (Å²) < 4.78 is 30.0. The molecule has 1 fully saturated rings. The molecule has 0 saturated heterocycles. The molecule has 12 heteroatoms. The second-order valence-corrected chi connectivity index (χ2v) is 12.8. The van der Waals surface area contributed by atoms with E-state index in [0.29, 0.717) is 57.9 Å². The molecule has 2 N–H and O–H groups in total. The van der Waals surface area contributed by atoms with Crippen LogP contribution >= 0.6 is 22.9 Å². The standard InChI is InChI=1S/C29H27ClF2N8S/c1-28(2,3)14-35-23-16(11-33)12-34-24-19(23)9-17(10-20(24)30)37-25(18-5-4-6-21-26(18)41-15-36-21)22-13-40(39-38-22)29(7-8-29)27(31)32/h4-6,9-10,12-13,15,25,27,37H,7-8,14H2,1-3H3,(H,34,35)/t25-/m0/s1. The van der Waals surface area contributed by atoms with Gasteiger partial charge in [-0.05, 0) is 42.0 Å². The number of thiazole rings is 1. The van der Waals surface area contributed by atoms with Gasteiger partial charge in [-0.25, -0.2) is 18.4 Å². The number of hydrogen-bond donors (Lipinski definition) is 2. The van der Waals surface area contributed by atoms with Gasteiger partial charge in [0.15, 0.2) is 0 Å². The Kier molecular flexibility index (Phi) is 6.78. The van der Waals surface area contributed by atoms with E-state index in [-0.39, 0.29) is 5.41 Å². The summed E-state index contributed by atoms with van der Waals surface area (Å²) in [5.74, 6) is 0. The average molecular weight is 593 g/mol. The Hall–Kier alpha value is -3.88. The fraction of sp³-hybridized carbons (Fsp3) is 0.345. The first kappa shape index (κ1) is 27.3. The third-order valence-corrected chi connectivity index (χ3v) is 8.46. The number of hydrogen-bond acceptors (Lipinski definition) is 8. The van der Waals surface area contributed by atoms with Gasteiger partial charge in [-0.15, -0.1) is 16.4 Å². The number of nitrogens with zero attached hydrogens (tertiary/aromatic N) is 6. The summed E-state index contributed by atoms with van der Waals surface area (Å²) in [6.45, 7) is 6.94. The van der Waals surface area contributed by atoms with Crippen LogP contribution in [0.4, 0.5) is 20.2 Å². The van der Waals surface area contributed by atoms with Gasteiger partial charge >= 0.3 is 0 Å². The monoisotopic (exact) mass is 592 g/mol. The van der Waals surface area contributed by atoms with Crippen molar-refractivity contribution in [3.8, 4) is 6.07 Å². The summed E-state index contributed by atoms with van der Waals surface area (Å²) in [5.41, 5.74) is 4.90. The van der Waals surface area contributed by atoms with E-state index in [4.69, 9.17) is 11.6 Å². The average Bonchev–Trinajstić information content (AvgIpc) is 3.35. The maximum Gasteiger partial charge on any atom is 0.263 e. The summed E-state index contributed by atoms with van der Waals surface area (Å²) in [6.07, 6.45) is 1.30. The topological polar surface area (TPSA) is 104 Å². The third kappa shape index (κ3) is 5.06. The molecule has 2 aromatic carbocycles. The molecule has 0 radical (unpaired) electrons. The predicted molar refractivity (Wildman–Crippen MR) is 158 cm³/mol. The SMILES string of the molecule is CC(C)(C)CNc1c(C#N)cnc2c(Cl)cc(N[C@H](c3cn(C4(C(F)F)CC4)nn3)c3cccc4ncsc34)cc12. The minimum atomic E-state index is -2.53. The van der Waals surface area contributed by atoms with Crippen molar-refractivity contribution in [2.45, 2.75) is 51.6 Å². The molecule has 0 bridgehead atoms. The van der Waals surface area contributed by atoms with Gasteiger partial charge in [0.05, 0.1) is 49.8 Å². The van der Waals surface area contributed by atoms with Crippen LogP contribution in [0.2, 0.25) is 5.02 Å². The van der Waals surface area contributed by atoms with E-state index in [2.05, 4.69) is 57.8 Å². The third-order valence-electron chi connectivity index (χ3n) is 7.28. The minimum absolute atomic E-state index is 0.0382. The lowest BCUT2D eigenvalue weighted by atomic mass is 9.96. The number of rotatable bonds is 8. The second kappa shape index (κ2) is 10.2. The second-order valence-electron chi connectivity index (χ2n) is 11.5. The molecule has 3 aromatic heterocycles. The molecule has 0 unspecified atom stereocenters. The van der Waals surface area contributed by atoms with Gasteiger partial charge in [0.25, 0.3) is 6.43 Å². The van der Waals surface area contributed by atoms with Crippen LogP contribution in [0.1, 0.15) is 56.5 Å². The number of aromatic nitrogens is 5. The van der Waals surface area contributed by atoms with E-state index in [9.17, 15) is 14.0 Å². The largest absolute Gasteiger partial charge is 0.383 e. The molecule has 8 nitrogen and oxygen atoms in total. The minimum Gasteiger partial charge on any atom is -0.383 e. The summed E-state index contributed by atoms with van der Waals surface area (Å²) >= 11 is 8.23. The quantitative estimate of drug-likeness (QED) is 0.194.